The molecule has 1 N–H and O–H groups in total. The van der Waals surface area contributed by atoms with Crippen LogP contribution < -0.4 is 5.32 Å². The van der Waals surface area contributed by atoms with Gasteiger partial charge in [0.05, 0.1) is 12.6 Å². The van der Waals surface area contributed by atoms with Crippen LogP contribution in [-0.2, 0) is 11.3 Å². The van der Waals surface area contributed by atoms with Crippen LogP contribution in [-0.4, -0.2) is 16.0 Å². The predicted molar refractivity (Wildman–Crippen MR) is 43.4 cm³/mol. The molecule has 2 rings (SSSR count). The molecule has 72 valence electrons. The normalized spacial score (nSPS) is 17.1. The number of rotatable bonds is 3. The van der Waals surface area contributed by atoms with Crippen molar-refractivity contribution in [2.45, 2.75) is 19.4 Å². The van der Waals surface area contributed by atoms with Gasteiger partial charge in [-0.25, -0.2) is 0 Å². The maximum absolute atomic E-state index is 11.4. The van der Waals surface area contributed by atoms with Crippen LogP contribution in [0.4, 0.5) is 0 Å². The Kier molecular flexibility index (Phi) is 1.93. The minimum absolute atomic E-state index is 0.207. The van der Waals surface area contributed by atoms with Crippen LogP contribution in [0.15, 0.2) is 10.9 Å². The summed E-state index contributed by atoms with van der Waals surface area (Å²) in [6, 6.07) is 2.01. The van der Waals surface area contributed by atoms with E-state index in [0.29, 0.717) is 18.7 Å². The van der Waals surface area contributed by atoms with Gasteiger partial charge < -0.3 is 9.84 Å². The smallest absolute Gasteiger partial charge is 0.240 e. The summed E-state index contributed by atoms with van der Waals surface area (Å²) in [5.74, 6) is 0.164. The Morgan fingerprint density at radius 2 is 2.57 bits per heavy atom. The lowest BCUT2D eigenvalue weighted by Gasteiger charge is -2.04. The summed E-state index contributed by atoms with van der Waals surface area (Å²) in [6.07, 6.45) is 2.47. The Labute approximate surface area is 79.9 Å². The molecule has 1 aliphatic rings. The minimum Gasteiger partial charge on any atom is -0.347 e. The fraction of sp³-hybridized carbons (Fsp3) is 0.500. The molecule has 1 amide bonds. The average Bonchev–Trinajstić information content (AvgIpc) is 2.84. The van der Waals surface area contributed by atoms with Gasteiger partial charge in [-0.2, -0.15) is 10.2 Å². The largest absolute Gasteiger partial charge is 0.347 e. The molecule has 1 aromatic heterocycles. The number of carbonyl (C=O) groups excluding carboxylic acids is 1. The highest BCUT2D eigenvalue weighted by Gasteiger charge is 2.50. The van der Waals surface area contributed by atoms with Crippen molar-refractivity contribution in [2.24, 2.45) is 5.41 Å². The zero-order valence-electron chi connectivity index (χ0n) is 7.36. The summed E-state index contributed by atoms with van der Waals surface area (Å²) in [6.45, 7) is 0.207. The molecule has 1 aromatic rings. The van der Waals surface area contributed by atoms with Crippen LogP contribution in [0.2, 0.25) is 0 Å². The number of nitrogens with one attached hydrogen (secondary N) is 1. The second-order valence-corrected chi connectivity index (χ2v) is 3.22. The van der Waals surface area contributed by atoms with E-state index in [2.05, 4.69) is 20.0 Å². The highest BCUT2D eigenvalue weighted by Crippen LogP contribution is 2.44. The zero-order valence-corrected chi connectivity index (χ0v) is 7.36. The van der Waals surface area contributed by atoms with Gasteiger partial charge in [0.25, 0.3) is 0 Å². The number of hydrogen-bond donors (Lipinski definition) is 1. The molecule has 0 aromatic carbocycles. The molecule has 0 aliphatic heterocycles. The third-order valence-corrected chi connectivity index (χ3v) is 2.21. The summed E-state index contributed by atoms with van der Waals surface area (Å²) >= 11 is 0. The molecule has 0 radical (unpaired) electrons. The van der Waals surface area contributed by atoms with Crippen molar-refractivity contribution in [1.29, 1.82) is 5.26 Å². The molecule has 1 saturated carbocycles. The zero-order chi connectivity index (χ0) is 10.0. The molecule has 1 aliphatic carbocycles. The third-order valence-electron chi connectivity index (χ3n) is 2.21. The van der Waals surface area contributed by atoms with E-state index in [1.807, 2.05) is 6.07 Å². The quantitative estimate of drug-likeness (QED) is 0.727. The summed E-state index contributed by atoms with van der Waals surface area (Å²) in [5.41, 5.74) is -0.788. The Morgan fingerprint density at radius 1 is 1.79 bits per heavy atom. The topological polar surface area (TPSA) is 91.8 Å². The highest BCUT2D eigenvalue weighted by atomic mass is 16.5. The molecule has 6 heteroatoms. The molecule has 0 bridgehead atoms. The van der Waals surface area contributed by atoms with E-state index in [-0.39, 0.29) is 12.5 Å². The second kappa shape index (κ2) is 3.10. The summed E-state index contributed by atoms with van der Waals surface area (Å²) in [5, 5.41) is 14.8. The molecule has 14 heavy (non-hydrogen) atoms. The molecular weight excluding hydrogens is 184 g/mol. The number of carbonyl (C=O) groups is 1. The molecule has 0 atom stereocenters. The molecular formula is C8H8N4O2. The van der Waals surface area contributed by atoms with E-state index in [0.717, 1.165) is 0 Å². The van der Waals surface area contributed by atoms with Gasteiger partial charge in [0.1, 0.15) is 5.41 Å². The van der Waals surface area contributed by atoms with Crippen molar-refractivity contribution in [2.75, 3.05) is 0 Å². The van der Waals surface area contributed by atoms with Crippen LogP contribution in [0.1, 0.15) is 18.7 Å². The number of aromatic nitrogens is 2. The van der Waals surface area contributed by atoms with E-state index in [1.165, 1.54) is 6.39 Å². The Morgan fingerprint density at radius 3 is 3.07 bits per heavy atom. The maximum atomic E-state index is 11.4. The van der Waals surface area contributed by atoms with Crippen molar-refractivity contribution in [3.05, 3.63) is 12.2 Å². The molecule has 0 unspecified atom stereocenters. The summed E-state index contributed by atoms with van der Waals surface area (Å²) in [7, 11) is 0. The Balaban J connectivity index is 1.88. The SMILES string of the molecule is N#CC1(C(=O)NCc2ncon2)CC1. The first-order valence-electron chi connectivity index (χ1n) is 4.22. The van der Waals surface area contributed by atoms with Crippen molar-refractivity contribution in [3.63, 3.8) is 0 Å². The molecule has 6 nitrogen and oxygen atoms in total. The Bertz CT molecular complexity index is 375. The number of amides is 1. The van der Waals surface area contributed by atoms with Gasteiger partial charge in [0.15, 0.2) is 5.82 Å². The summed E-state index contributed by atoms with van der Waals surface area (Å²) < 4.78 is 4.50. The van der Waals surface area contributed by atoms with Gasteiger partial charge in [-0.15, -0.1) is 0 Å². The van der Waals surface area contributed by atoms with Gasteiger partial charge in [0, 0.05) is 0 Å². The van der Waals surface area contributed by atoms with E-state index in [4.69, 9.17) is 5.26 Å². The van der Waals surface area contributed by atoms with Crippen molar-refractivity contribution in [1.82, 2.24) is 15.5 Å². The molecule has 0 spiro atoms. The first kappa shape index (κ1) is 8.69. The van der Waals surface area contributed by atoms with Crippen LogP contribution in [0.25, 0.3) is 0 Å². The van der Waals surface area contributed by atoms with Crippen molar-refractivity contribution < 1.29 is 9.32 Å². The first-order valence-corrected chi connectivity index (χ1v) is 4.22. The maximum Gasteiger partial charge on any atom is 0.240 e. The third kappa shape index (κ3) is 1.44. The van der Waals surface area contributed by atoms with Gasteiger partial charge in [-0.3, -0.25) is 4.79 Å². The number of nitriles is 1. The minimum atomic E-state index is -0.788. The second-order valence-electron chi connectivity index (χ2n) is 3.22. The van der Waals surface area contributed by atoms with Crippen molar-refractivity contribution >= 4 is 5.91 Å². The molecule has 0 saturated heterocycles. The average molecular weight is 192 g/mol. The van der Waals surface area contributed by atoms with Crippen molar-refractivity contribution in [3.8, 4) is 6.07 Å². The molecule has 1 fully saturated rings. The molecule has 1 heterocycles. The van der Waals surface area contributed by atoms with Crippen LogP contribution in [0.3, 0.4) is 0 Å². The first-order chi connectivity index (χ1) is 6.77. The summed E-state index contributed by atoms with van der Waals surface area (Å²) in [4.78, 5) is 15.2. The van der Waals surface area contributed by atoms with Crippen LogP contribution >= 0.6 is 0 Å². The highest BCUT2D eigenvalue weighted by molar-refractivity contribution is 5.88. The van der Waals surface area contributed by atoms with E-state index in [1.54, 1.807) is 0 Å². The Hall–Kier alpha value is -1.90. The van der Waals surface area contributed by atoms with Gasteiger partial charge >= 0.3 is 0 Å². The van der Waals surface area contributed by atoms with Gasteiger partial charge in [-0.1, -0.05) is 5.16 Å². The van der Waals surface area contributed by atoms with Crippen LogP contribution in [0.5, 0.6) is 0 Å². The van der Waals surface area contributed by atoms with Crippen LogP contribution in [0, 0.1) is 16.7 Å². The van der Waals surface area contributed by atoms with Gasteiger partial charge in [0.2, 0.25) is 12.3 Å². The predicted octanol–water partition coefficient (Wildman–Crippen LogP) is -0.0104. The van der Waals surface area contributed by atoms with E-state index >= 15 is 0 Å². The fourth-order valence-electron chi connectivity index (χ4n) is 1.11. The number of hydrogen-bond acceptors (Lipinski definition) is 5. The lowest BCUT2D eigenvalue weighted by Crippen LogP contribution is -2.30. The number of nitrogens with zero attached hydrogens (tertiary/aromatic N) is 3. The lowest BCUT2D eigenvalue weighted by atomic mass is 10.1. The lowest BCUT2D eigenvalue weighted by molar-refractivity contribution is -0.124. The van der Waals surface area contributed by atoms with Gasteiger partial charge in [-0.05, 0) is 12.8 Å². The van der Waals surface area contributed by atoms with E-state index < -0.39 is 5.41 Å². The monoisotopic (exact) mass is 192 g/mol. The van der Waals surface area contributed by atoms with E-state index in [9.17, 15) is 4.79 Å². The fourth-order valence-corrected chi connectivity index (χ4v) is 1.11. The standard InChI is InChI=1S/C8H8N4O2/c9-4-8(1-2-8)7(13)10-3-6-11-5-14-12-6/h5H,1-3H2,(H,10,13).